The van der Waals surface area contributed by atoms with Gasteiger partial charge in [-0.3, -0.25) is 16.0 Å². The number of nitrogens with one attached hydrogen (secondary N) is 1. The molecular weight excluding hydrogens is 264 g/mol. The Morgan fingerprint density at radius 1 is 1.47 bits per heavy atom. The molecule has 0 aromatic carbocycles. The summed E-state index contributed by atoms with van der Waals surface area (Å²) in [5.41, 5.74) is 4.75. The molecule has 0 saturated carbocycles. The highest BCUT2D eigenvalue weighted by Gasteiger charge is 2.16. The second-order valence-electron chi connectivity index (χ2n) is 4.64. The van der Waals surface area contributed by atoms with Crippen molar-refractivity contribution in [3.05, 3.63) is 17.5 Å². The van der Waals surface area contributed by atoms with E-state index in [1.54, 1.807) is 11.6 Å². The van der Waals surface area contributed by atoms with E-state index in [1.807, 2.05) is 20.0 Å². The van der Waals surface area contributed by atoms with E-state index < -0.39 is 9.84 Å². The van der Waals surface area contributed by atoms with Crippen LogP contribution in [0, 0.1) is 0 Å². The van der Waals surface area contributed by atoms with Crippen LogP contribution in [0.3, 0.4) is 0 Å². The summed E-state index contributed by atoms with van der Waals surface area (Å²) in [7, 11) is -1.03. The van der Waals surface area contributed by atoms with Crippen LogP contribution in [0.4, 0.5) is 0 Å². The van der Waals surface area contributed by atoms with Gasteiger partial charge in [-0.2, -0.15) is 5.10 Å². The number of nitrogens with zero attached hydrogens (tertiary/aromatic N) is 2. The minimum absolute atomic E-state index is 0.0649. The smallest absolute Gasteiger partial charge is 0.150 e. The van der Waals surface area contributed by atoms with Gasteiger partial charge in [-0.05, 0) is 25.3 Å². The summed E-state index contributed by atoms with van der Waals surface area (Å²) in [5, 5.41) is 4.37. The van der Waals surface area contributed by atoms with Gasteiger partial charge in [-0.1, -0.05) is 13.8 Å². The number of hydrazine groups is 1. The van der Waals surface area contributed by atoms with Gasteiger partial charge in [-0.15, -0.1) is 0 Å². The van der Waals surface area contributed by atoms with Gasteiger partial charge in [-0.25, -0.2) is 8.42 Å². The topological polar surface area (TPSA) is 90.0 Å². The van der Waals surface area contributed by atoms with Crippen LogP contribution in [-0.4, -0.2) is 29.7 Å². The molecule has 1 heterocycles. The number of aryl methyl sites for hydroxylation is 2. The Balaban J connectivity index is 2.65. The third kappa shape index (κ3) is 4.59. The summed E-state index contributed by atoms with van der Waals surface area (Å²) >= 11 is 0. The standard InChI is InChI=1S/C12H24N4O2S/c1-4-10-9-12(16(3)15-10)11(14-13)7-6-8-19(17,18)5-2/h9,11,14H,4-8,13H2,1-3H3. The van der Waals surface area contributed by atoms with Gasteiger partial charge in [0.1, 0.15) is 9.84 Å². The van der Waals surface area contributed by atoms with Crippen LogP contribution < -0.4 is 11.3 Å². The van der Waals surface area contributed by atoms with Gasteiger partial charge >= 0.3 is 0 Å². The first kappa shape index (κ1) is 16.1. The van der Waals surface area contributed by atoms with Gasteiger partial charge in [0.2, 0.25) is 0 Å². The summed E-state index contributed by atoms with van der Waals surface area (Å²) in [4.78, 5) is 0. The maximum Gasteiger partial charge on any atom is 0.150 e. The van der Waals surface area contributed by atoms with E-state index in [1.165, 1.54) is 0 Å². The molecule has 19 heavy (non-hydrogen) atoms. The Labute approximate surface area is 115 Å². The first-order valence-electron chi connectivity index (χ1n) is 6.62. The average molecular weight is 288 g/mol. The zero-order valence-corrected chi connectivity index (χ0v) is 12.7. The highest BCUT2D eigenvalue weighted by molar-refractivity contribution is 7.91. The molecule has 1 unspecified atom stereocenters. The largest absolute Gasteiger partial charge is 0.271 e. The lowest BCUT2D eigenvalue weighted by Crippen LogP contribution is -2.30. The Hall–Kier alpha value is -0.920. The first-order chi connectivity index (χ1) is 8.93. The lowest BCUT2D eigenvalue weighted by Gasteiger charge is -2.15. The Kier molecular flexibility index (Phi) is 5.96. The summed E-state index contributed by atoms with van der Waals surface area (Å²) in [5.74, 6) is 5.97. The fraction of sp³-hybridized carbons (Fsp3) is 0.750. The van der Waals surface area contributed by atoms with Crippen LogP contribution in [0.5, 0.6) is 0 Å². The van der Waals surface area contributed by atoms with Crippen molar-refractivity contribution in [3.8, 4) is 0 Å². The second kappa shape index (κ2) is 7.02. The van der Waals surface area contributed by atoms with Gasteiger partial charge in [0.25, 0.3) is 0 Å². The molecule has 0 spiro atoms. The Morgan fingerprint density at radius 2 is 2.16 bits per heavy atom. The molecule has 1 aromatic rings. The minimum atomic E-state index is -2.91. The zero-order valence-electron chi connectivity index (χ0n) is 11.9. The lowest BCUT2D eigenvalue weighted by atomic mass is 10.1. The van der Waals surface area contributed by atoms with Gasteiger partial charge in [0.15, 0.2) is 0 Å². The van der Waals surface area contributed by atoms with Crippen molar-refractivity contribution in [2.24, 2.45) is 12.9 Å². The molecule has 0 fully saturated rings. The first-order valence-corrected chi connectivity index (χ1v) is 8.45. The van der Waals surface area contributed by atoms with Crippen molar-refractivity contribution in [2.45, 2.75) is 39.2 Å². The Bertz CT molecular complexity index is 496. The fourth-order valence-corrected chi connectivity index (χ4v) is 2.91. The molecule has 6 nitrogen and oxygen atoms in total. The van der Waals surface area contributed by atoms with Crippen molar-refractivity contribution >= 4 is 9.84 Å². The van der Waals surface area contributed by atoms with Crippen LogP contribution in [0.15, 0.2) is 6.07 Å². The van der Waals surface area contributed by atoms with E-state index in [0.717, 1.165) is 17.8 Å². The predicted molar refractivity (Wildman–Crippen MR) is 76.2 cm³/mol. The highest BCUT2D eigenvalue weighted by Crippen LogP contribution is 2.19. The number of hydrogen-bond donors (Lipinski definition) is 2. The lowest BCUT2D eigenvalue weighted by molar-refractivity contribution is 0.474. The third-order valence-electron chi connectivity index (χ3n) is 3.28. The zero-order chi connectivity index (χ0) is 14.5. The van der Waals surface area contributed by atoms with Crippen molar-refractivity contribution in [1.82, 2.24) is 15.2 Å². The van der Waals surface area contributed by atoms with E-state index in [4.69, 9.17) is 5.84 Å². The van der Waals surface area contributed by atoms with Crippen molar-refractivity contribution < 1.29 is 8.42 Å². The molecule has 0 aliphatic heterocycles. The van der Waals surface area contributed by atoms with Crippen LogP contribution in [0.2, 0.25) is 0 Å². The maximum atomic E-state index is 11.5. The van der Waals surface area contributed by atoms with Crippen molar-refractivity contribution in [1.29, 1.82) is 0 Å². The van der Waals surface area contributed by atoms with Gasteiger partial charge in [0, 0.05) is 12.8 Å². The molecule has 0 amide bonds. The molecule has 0 saturated heterocycles. The number of hydrogen-bond acceptors (Lipinski definition) is 5. The van der Waals surface area contributed by atoms with E-state index in [2.05, 4.69) is 10.5 Å². The number of rotatable bonds is 8. The Morgan fingerprint density at radius 3 is 2.63 bits per heavy atom. The van der Waals surface area contributed by atoms with Gasteiger partial charge in [0.05, 0.1) is 23.2 Å². The molecule has 7 heteroatoms. The van der Waals surface area contributed by atoms with E-state index >= 15 is 0 Å². The van der Waals surface area contributed by atoms with Crippen LogP contribution in [-0.2, 0) is 23.3 Å². The molecule has 3 N–H and O–H groups in total. The van der Waals surface area contributed by atoms with Crippen LogP contribution in [0.1, 0.15) is 44.1 Å². The van der Waals surface area contributed by atoms with E-state index in [-0.39, 0.29) is 17.5 Å². The molecule has 0 bridgehead atoms. The normalized spacial score (nSPS) is 13.7. The molecule has 0 aliphatic rings. The maximum absolute atomic E-state index is 11.5. The van der Waals surface area contributed by atoms with Crippen LogP contribution in [0.25, 0.3) is 0 Å². The summed E-state index contributed by atoms with van der Waals surface area (Å²) in [6.07, 6.45) is 2.14. The molecule has 1 atom stereocenters. The fourth-order valence-electron chi connectivity index (χ4n) is 2.01. The molecule has 1 rings (SSSR count). The summed E-state index contributed by atoms with van der Waals surface area (Å²) in [6.45, 7) is 3.72. The second-order valence-corrected chi connectivity index (χ2v) is 7.11. The quantitative estimate of drug-likeness (QED) is 0.543. The number of aromatic nitrogens is 2. The molecule has 0 radical (unpaired) electrons. The molecule has 0 aliphatic carbocycles. The van der Waals surface area contributed by atoms with Crippen molar-refractivity contribution in [2.75, 3.05) is 11.5 Å². The van der Waals surface area contributed by atoms with Gasteiger partial charge < -0.3 is 0 Å². The molecule has 110 valence electrons. The van der Waals surface area contributed by atoms with E-state index in [0.29, 0.717) is 12.8 Å². The summed E-state index contributed by atoms with van der Waals surface area (Å²) in [6, 6.07) is 1.95. The van der Waals surface area contributed by atoms with Crippen LogP contribution >= 0.6 is 0 Å². The third-order valence-corrected chi connectivity index (χ3v) is 5.07. The monoisotopic (exact) mass is 288 g/mol. The predicted octanol–water partition coefficient (Wildman–Crippen LogP) is 0.702. The minimum Gasteiger partial charge on any atom is -0.271 e. The van der Waals surface area contributed by atoms with E-state index in [9.17, 15) is 8.42 Å². The molecule has 1 aromatic heterocycles. The highest BCUT2D eigenvalue weighted by atomic mass is 32.2. The SMILES string of the molecule is CCc1cc(C(CCCS(=O)(=O)CC)NN)n(C)n1. The van der Waals surface area contributed by atoms with Crippen molar-refractivity contribution in [3.63, 3.8) is 0 Å². The molecular formula is C12H24N4O2S. The average Bonchev–Trinajstić information content (AvgIpc) is 2.76. The number of sulfone groups is 1. The summed E-state index contributed by atoms with van der Waals surface area (Å²) < 4.78 is 24.7. The number of nitrogens with two attached hydrogens (primary N) is 1.